The molecule has 1 saturated carbocycles. The summed E-state index contributed by atoms with van der Waals surface area (Å²) in [4.78, 5) is 12.3. The molecule has 118 valence electrons. The van der Waals surface area contributed by atoms with Crippen molar-refractivity contribution in [3.05, 3.63) is 35.9 Å². The van der Waals surface area contributed by atoms with Crippen molar-refractivity contribution in [2.24, 2.45) is 11.7 Å². The van der Waals surface area contributed by atoms with Gasteiger partial charge in [-0.25, -0.2) is 0 Å². The number of carbonyl (C=O) groups is 1. The minimum atomic E-state index is -0.951. The molecule has 1 atom stereocenters. The molecule has 4 heteroatoms. The van der Waals surface area contributed by atoms with Crippen molar-refractivity contribution in [3.8, 4) is 0 Å². The Morgan fingerprint density at radius 1 is 1.24 bits per heavy atom. The standard InChI is InChI=1S/C17H26N2O.ClH/c1-17(18,15-10-6-3-7-11-15)16(20)19-13-12-14-8-4-2-5-9-14;/h3,6-7,10-11,14H,2,4-5,8-9,12-13,18H2,1H3,(H,19,20);1H. The molecule has 1 aromatic rings. The van der Waals surface area contributed by atoms with Gasteiger partial charge >= 0.3 is 0 Å². The summed E-state index contributed by atoms with van der Waals surface area (Å²) >= 11 is 0. The lowest BCUT2D eigenvalue weighted by Crippen LogP contribution is -2.49. The van der Waals surface area contributed by atoms with E-state index in [-0.39, 0.29) is 18.3 Å². The first-order chi connectivity index (χ1) is 9.60. The van der Waals surface area contributed by atoms with Crippen LogP contribution in [0.5, 0.6) is 0 Å². The summed E-state index contributed by atoms with van der Waals surface area (Å²) < 4.78 is 0. The van der Waals surface area contributed by atoms with Crippen LogP contribution >= 0.6 is 12.4 Å². The summed E-state index contributed by atoms with van der Waals surface area (Å²) in [5, 5.41) is 3.00. The van der Waals surface area contributed by atoms with Gasteiger partial charge in [0.2, 0.25) is 5.91 Å². The zero-order valence-corrected chi connectivity index (χ0v) is 13.6. The van der Waals surface area contributed by atoms with Gasteiger partial charge in [0.25, 0.3) is 0 Å². The van der Waals surface area contributed by atoms with E-state index in [9.17, 15) is 4.79 Å². The van der Waals surface area contributed by atoms with Crippen LogP contribution in [0.4, 0.5) is 0 Å². The van der Waals surface area contributed by atoms with Crippen molar-refractivity contribution in [1.29, 1.82) is 0 Å². The first kappa shape index (κ1) is 18.0. The first-order valence-electron chi connectivity index (χ1n) is 7.73. The molecular weight excluding hydrogens is 284 g/mol. The van der Waals surface area contributed by atoms with E-state index in [4.69, 9.17) is 5.73 Å². The number of halogens is 1. The van der Waals surface area contributed by atoms with Gasteiger partial charge in [0.1, 0.15) is 5.54 Å². The fourth-order valence-corrected chi connectivity index (χ4v) is 2.96. The fraction of sp³-hybridized carbons (Fsp3) is 0.588. The molecule has 1 aromatic carbocycles. The zero-order valence-electron chi connectivity index (χ0n) is 12.8. The number of hydrogen-bond donors (Lipinski definition) is 2. The lowest BCUT2D eigenvalue weighted by atomic mass is 9.87. The molecule has 3 nitrogen and oxygen atoms in total. The van der Waals surface area contributed by atoms with Gasteiger partial charge in [-0.3, -0.25) is 4.79 Å². The van der Waals surface area contributed by atoms with Crippen LogP contribution in [-0.2, 0) is 10.3 Å². The lowest BCUT2D eigenvalue weighted by Gasteiger charge is -2.25. The quantitative estimate of drug-likeness (QED) is 0.876. The highest BCUT2D eigenvalue weighted by molar-refractivity contribution is 5.86. The van der Waals surface area contributed by atoms with Crippen molar-refractivity contribution < 1.29 is 4.79 Å². The molecule has 0 bridgehead atoms. The van der Waals surface area contributed by atoms with E-state index in [1.807, 2.05) is 30.3 Å². The van der Waals surface area contributed by atoms with Gasteiger partial charge in [-0.05, 0) is 24.8 Å². The molecule has 1 unspecified atom stereocenters. The van der Waals surface area contributed by atoms with Gasteiger partial charge in [-0.15, -0.1) is 12.4 Å². The van der Waals surface area contributed by atoms with Crippen molar-refractivity contribution in [2.45, 2.75) is 51.0 Å². The number of hydrogen-bond acceptors (Lipinski definition) is 2. The molecular formula is C17H27ClN2O. The van der Waals surface area contributed by atoms with Crippen LogP contribution < -0.4 is 11.1 Å². The Morgan fingerprint density at radius 2 is 1.86 bits per heavy atom. The molecule has 0 saturated heterocycles. The predicted molar refractivity (Wildman–Crippen MR) is 89.4 cm³/mol. The van der Waals surface area contributed by atoms with Crippen molar-refractivity contribution >= 4 is 18.3 Å². The third-order valence-corrected chi connectivity index (χ3v) is 4.41. The summed E-state index contributed by atoms with van der Waals surface area (Å²) in [7, 11) is 0. The molecule has 1 aliphatic carbocycles. The topological polar surface area (TPSA) is 55.1 Å². The number of rotatable bonds is 5. The van der Waals surface area contributed by atoms with E-state index < -0.39 is 5.54 Å². The normalized spacial score (nSPS) is 18.4. The summed E-state index contributed by atoms with van der Waals surface area (Å²) in [5.74, 6) is 0.698. The zero-order chi connectivity index (χ0) is 14.4. The van der Waals surface area contributed by atoms with E-state index >= 15 is 0 Å². The number of nitrogens with two attached hydrogens (primary N) is 1. The largest absolute Gasteiger partial charge is 0.354 e. The molecule has 1 amide bonds. The number of amides is 1. The molecule has 1 fully saturated rings. The van der Waals surface area contributed by atoms with Crippen LogP contribution in [0.15, 0.2) is 30.3 Å². The molecule has 2 rings (SSSR count). The van der Waals surface area contributed by atoms with Crippen LogP contribution in [0.1, 0.15) is 51.0 Å². The van der Waals surface area contributed by atoms with Gasteiger partial charge in [0.15, 0.2) is 0 Å². The molecule has 21 heavy (non-hydrogen) atoms. The average Bonchev–Trinajstić information content (AvgIpc) is 2.49. The molecule has 3 N–H and O–H groups in total. The predicted octanol–water partition coefficient (Wildman–Crippen LogP) is 3.37. The highest BCUT2D eigenvalue weighted by atomic mass is 35.5. The molecule has 0 spiro atoms. The maximum Gasteiger partial charge on any atom is 0.244 e. The second kappa shape index (κ2) is 8.40. The Labute approximate surface area is 134 Å². The second-order valence-electron chi connectivity index (χ2n) is 6.12. The molecule has 0 aliphatic heterocycles. The summed E-state index contributed by atoms with van der Waals surface area (Å²) in [6, 6.07) is 9.56. The maximum atomic E-state index is 12.3. The van der Waals surface area contributed by atoms with Gasteiger partial charge in [-0.1, -0.05) is 62.4 Å². The number of carbonyl (C=O) groups excluding carboxylic acids is 1. The fourth-order valence-electron chi connectivity index (χ4n) is 2.96. The van der Waals surface area contributed by atoms with Gasteiger partial charge in [0, 0.05) is 6.54 Å². The average molecular weight is 311 g/mol. The van der Waals surface area contributed by atoms with Gasteiger partial charge in [0.05, 0.1) is 0 Å². The summed E-state index contributed by atoms with van der Waals surface area (Å²) in [5.41, 5.74) is 6.09. The molecule has 0 heterocycles. The Balaban J connectivity index is 0.00000220. The third kappa shape index (κ3) is 5.01. The van der Waals surface area contributed by atoms with Crippen molar-refractivity contribution in [3.63, 3.8) is 0 Å². The maximum absolute atomic E-state index is 12.3. The number of benzene rings is 1. The second-order valence-corrected chi connectivity index (χ2v) is 6.12. The first-order valence-corrected chi connectivity index (χ1v) is 7.73. The van der Waals surface area contributed by atoms with Crippen LogP contribution in [0.3, 0.4) is 0 Å². The van der Waals surface area contributed by atoms with Gasteiger partial charge < -0.3 is 11.1 Å². The molecule has 0 radical (unpaired) electrons. The highest BCUT2D eigenvalue weighted by Crippen LogP contribution is 2.26. The van der Waals surface area contributed by atoms with Gasteiger partial charge in [-0.2, -0.15) is 0 Å². The smallest absolute Gasteiger partial charge is 0.244 e. The highest BCUT2D eigenvalue weighted by Gasteiger charge is 2.30. The van der Waals surface area contributed by atoms with Crippen molar-refractivity contribution in [1.82, 2.24) is 5.32 Å². The monoisotopic (exact) mass is 310 g/mol. The van der Waals surface area contributed by atoms with Crippen LogP contribution in [-0.4, -0.2) is 12.5 Å². The van der Waals surface area contributed by atoms with Crippen LogP contribution in [0.2, 0.25) is 0 Å². The minimum absolute atomic E-state index is 0. The van der Waals surface area contributed by atoms with Crippen LogP contribution in [0.25, 0.3) is 0 Å². The van der Waals surface area contributed by atoms with E-state index in [0.717, 1.165) is 24.4 Å². The third-order valence-electron chi connectivity index (χ3n) is 4.41. The van der Waals surface area contributed by atoms with Crippen molar-refractivity contribution in [2.75, 3.05) is 6.54 Å². The molecule has 0 aromatic heterocycles. The minimum Gasteiger partial charge on any atom is -0.354 e. The number of nitrogens with one attached hydrogen (secondary N) is 1. The van der Waals surface area contributed by atoms with E-state index in [1.54, 1.807) is 6.92 Å². The van der Waals surface area contributed by atoms with E-state index in [2.05, 4.69) is 5.32 Å². The molecule has 1 aliphatic rings. The Bertz CT molecular complexity index is 428. The summed E-state index contributed by atoms with van der Waals surface area (Å²) in [6.07, 6.45) is 7.77. The SMILES string of the molecule is CC(N)(C(=O)NCCC1CCCCC1)c1ccccc1.Cl. The Hall–Kier alpha value is -1.06. The van der Waals surface area contributed by atoms with E-state index in [0.29, 0.717) is 0 Å². The Kier molecular flexibility index (Phi) is 7.20. The van der Waals surface area contributed by atoms with Crippen LogP contribution in [0, 0.1) is 5.92 Å². The lowest BCUT2D eigenvalue weighted by molar-refractivity contribution is -0.126. The Morgan fingerprint density at radius 3 is 2.48 bits per heavy atom. The van der Waals surface area contributed by atoms with E-state index in [1.165, 1.54) is 32.1 Å². The summed E-state index contributed by atoms with van der Waals surface area (Å²) in [6.45, 7) is 2.52.